The highest BCUT2D eigenvalue weighted by Gasteiger charge is 2.42. The number of nitrogens with one attached hydrogen (secondary N) is 1. The van der Waals surface area contributed by atoms with Crippen LogP contribution in [-0.4, -0.2) is 37.6 Å². The molecule has 2 rings (SSSR count). The number of carbonyl (C=O) groups is 1. The summed E-state index contributed by atoms with van der Waals surface area (Å²) in [5.41, 5.74) is -1.60. The second kappa shape index (κ2) is 6.64. The Balaban J connectivity index is 2.45. The molecule has 1 aromatic carbocycles. The molecule has 1 heterocycles. The van der Waals surface area contributed by atoms with Crippen molar-refractivity contribution in [2.24, 2.45) is 0 Å². The third kappa shape index (κ3) is 3.86. The summed E-state index contributed by atoms with van der Waals surface area (Å²) in [5, 5.41) is 29.2. The topological polar surface area (TPSA) is 122 Å². The molecule has 0 amide bonds. The van der Waals surface area contributed by atoms with Crippen molar-refractivity contribution >= 4 is 11.7 Å². The lowest BCUT2D eigenvalue weighted by molar-refractivity contribution is -0.385. The van der Waals surface area contributed by atoms with E-state index >= 15 is 0 Å². The van der Waals surface area contributed by atoms with Crippen molar-refractivity contribution in [1.29, 1.82) is 0 Å². The number of nitro benzene ring substituents is 1. The van der Waals surface area contributed by atoms with Gasteiger partial charge in [-0.25, -0.2) is 4.79 Å². The first-order chi connectivity index (χ1) is 11.2. The Morgan fingerprint density at radius 3 is 2.62 bits per heavy atom. The number of carboxylic acids is 1. The molecule has 0 aliphatic rings. The molecule has 24 heavy (non-hydrogen) atoms. The first kappa shape index (κ1) is 17.4. The smallest absolute Gasteiger partial charge is 0.395 e. The van der Waals surface area contributed by atoms with Gasteiger partial charge in [-0.3, -0.25) is 15.2 Å². The Morgan fingerprint density at radius 1 is 1.42 bits per heavy atom. The maximum Gasteiger partial charge on any atom is 0.395 e. The monoisotopic (exact) mass is 344 g/mol. The van der Waals surface area contributed by atoms with E-state index in [1.807, 2.05) is 0 Å². The van der Waals surface area contributed by atoms with Crippen molar-refractivity contribution in [3.05, 3.63) is 51.3 Å². The molecule has 11 heteroatoms. The number of H-pyrrole nitrogens is 1. The lowest BCUT2D eigenvalue weighted by Crippen LogP contribution is -2.24. The van der Waals surface area contributed by atoms with Crippen LogP contribution in [0, 0.1) is 10.1 Å². The van der Waals surface area contributed by atoms with Gasteiger partial charge in [-0.05, 0) is 24.5 Å². The number of nitrogens with zero attached hydrogens (tertiary/aromatic N) is 3. The number of aromatic carboxylic acids is 1. The minimum Gasteiger partial charge on any atom is -0.478 e. The molecule has 1 unspecified atom stereocenters. The van der Waals surface area contributed by atoms with Gasteiger partial charge in [0, 0.05) is 18.3 Å². The Kier molecular flexibility index (Phi) is 4.81. The quantitative estimate of drug-likeness (QED) is 0.614. The number of aromatic nitrogens is 3. The molecule has 0 saturated heterocycles. The number of rotatable bonds is 6. The fourth-order valence-electron chi connectivity index (χ4n) is 2.28. The van der Waals surface area contributed by atoms with E-state index in [4.69, 9.17) is 5.11 Å². The lowest BCUT2D eigenvalue weighted by Gasteiger charge is -2.21. The maximum absolute atomic E-state index is 13.4. The number of benzene rings is 1. The van der Waals surface area contributed by atoms with Crippen LogP contribution in [-0.2, 0) is 6.42 Å². The first-order valence-electron chi connectivity index (χ1n) is 6.64. The van der Waals surface area contributed by atoms with Crippen LogP contribution in [0.4, 0.5) is 18.9 Å². The highest BCUT2D eigenvalue weighted by Crippen LogP contribution is 2.40. The zero-order chi connectivity index (χ0) is 17.9. The molecule has 2 aromatic rings. The fourth-order valence-corrected chi connectivity index (χ4v) is 2.28. The summed E-state index contributed by atoms with van der Waals surface area (Å²) >= 11 is 0. The van der Waals surface area contributed by atoms with Crippen LogP contribution < -0.4 is 0 Å². The Labute approximate surface area is 132 Å². The number of alkyl halides is 3. The predicted octanol–water partition coefficient (Wildman–Crippen LogP) is 2.69. The van der Waals surface area contributed by atoms with Crippen LogP contribution in [0.1, 0.15) is 34.0 Å². The number of hydrogen-bond acceptors (Lipinski definition) is 5. The molecule has 2 N–H and O–H groups in total. The molecule has 1 atom stereocenters. The standard InChI is InChI=1S/C13H11F3N4O4/c14-13(15,16)11(4-1-7-6-17-19-18-7)10-5-8(20(23)24)2-3-9(10)12(21)22/h2-3,5-6,11H,1,4H2,(H,21,22)(H,17,18,19). The largest absolute Gasteiger partial charge is 0.478 e. The van der Waals surface area contributed by atoms with E-state index in [9.17, 15) is 28.1 Å². The minimum absolute atomic E-state index is 0.123. The third-order valence-electron chi connectivity index (χ3n) is 3.40. The molecule has 8 nitrogen and oxygen atoms in total. The second-order valence-corrected chi connectivity index (χ2v) is 4.93. The van der Waals surface area contributed by atoms with Gasteiger partial charge in [0.25, 0.3) is 5.69 Å². The molecule has 0 bridgehead atoms. The van der Waals surface area contributed by atoms with Crippen molar-refractivity contribution < 1.29 is 28.0 Å². The molecular weight excluding hydrogens is 333 g/mol. The summed E-state index contributed by atoms with van der Waals surface area (Å²) in [6.45, 7) is 0. The summed E-state index contributed by atoms with van der Waals surface area (Å²) < 4.78 is 40.2. The van der Waals surface area contributed by atoms with Crippen LogP contribution in [0.2, 0.25) is 0 Å². The maximum atomic E-state index is 13.4. The summed E-state index contributed by atoms with van der Waals surface area (Å²) in [7, 11) is 0. The average molecular weight is 344 g/mol. The Hall–Kier alpha value is -2.98. The van der Waals surface area contributed by atoms with Crippen LogP contribution in [0.15, 0.2) is 24.4 Å². The van der Waals surface area contributed by atoms with E-state index in [0.717, 1.165) is 12.1 Å². The number of aromatic amines is 1. The predicted molar refractivity (Wildman–Crippen MR) is 73.6 cm³/mol. The van der Waals surface area contributed by atoms with Gasteiger partial charge < -0.3 is 5.11 Å². The van der Waals surface area contributed by atoms with Gasteiger partial charge in [0.05, 0.1) is 22.1 Å². The van der Waals surface area contributed by atoms with E-state index in [1.54, 1.807) is 0 Å². The number of carboxylic acid groups (broad SMARTS) is 1. The van der Waals surface area contributed by atoms with Crippen molar-refractivity contribution in [2.45, 2.75) is 24.9 Å². The summed E-state index contributed by atoms with van der Waals surface area (Å²) in [4.78, 5) is 21.1. The molecular formula is C13H11F3N4O4. The van der Waals surface area contributed by atoms with E-state index in [2.05, 4.69) is 15.4 Å². The highest BCUT2D eigenvalue weighted by atomic mass is 19.4. The number of non-ortho nitro benzene ring substituents is 1. The van der Waals surface area contributed by atoms with Gasteiger partial charge in [0.1, 0.15) is 0 Å². The second-order valence-electron chi connectivity index (χ2n) is 4.93. The summed E-state index contributed by atoms with van der Waals surface area (Å²) in [6.07, 6.45) is -4.10. The third-order valence-corrected chi connectivity index (χ3v) is 3.40. The van der Waals surface area contributed by atoms with Gasteiger partial charge in [-0.1, -0.05) is 5.21 Å². The van der Waals surface area contributed by atoms with E-state index < -0.39 is 46.2 Å². The molecule has 0 spiro atoms. The Bertz CT molecular complexity index is 746. The van der Waals surface area contributed by atoms with Crippen LogP contribution in [0.3, 0.4) is 0 Å². The Morgan fingerprint density at radius 2 is 2.12 bits per heavy atom. The lowest BCUT2D eigenvalue weighted by atomic mass is 9.89. The fraction of sp³-hybridized carbons (Fsp3) is 0.308. The van der Waals surface area contributed by atoms with Crippen molar-refractivity contribution in [1.82, 2.24) is 15.4 Å². The summed E-state index contributed by atoms with van der Waals surface area (Å²) in [5.74, 6) is -3.77. The van der Waals surface area contributed by atoms with Gasteiger partial charge in [0.2, 0.25) is 0 Å². The number of aryl methyl sites for hydroxylation is 1. The molecule has 128 valence electrons. The van der Waals surface area contributed by atoms with Gasteiger partial charge in [-0.2, -0.15) is 13.2 Å². The van der Waals surface area contributed by atoms with E-state index in [1.165, 1.54) is 6.20 Å². The van der Waals surface area contributed by atoms with Gasteiger partial charge in [-0.15, -0.1) is 5.10 Å². The van der Waals surface area contributed by atoms with Crippen molar-refractivity contribution in [2.75, 3.05) is 0 Å². The van der Waals surface area contributed by atoms with Crippen molar-refractivity contribution in [3.8, 4) is 0 Å². The van der Waals surface area contributed by atoms with E-state index in [-0.39, 0.29) is 12.1 Å². The zero-order valence-electron chi connectivity index (χ0n) is 11.9. The average Bonchev–Trinajstić information content (AvgIpc) is 2.99. The number of halogens is 3. The SMILES string of the molecule is O=C(O)c1ccc([N+](=O)[O-])cc1C(CCc1c[nH]nn1)C(F)(F)F. The normalized spacial score (nSPS) is 12.8. The highest BCUT2D eigenvalue weighted by molar-refractivity contribution is 5.90. The zero-order valence-corrected chi connectivity index (χ0v) is 11.9. The molecule has 0 saturated carbocycles. The van der Waals surface area contributed by atoms with E-state index in [0.29, 0.717) is 6.07 Å². The van der Waals surface area contributed by atoms with Crippen LogP contribution in [0.5, 0.6) is 0 Å². The molecule has 0 aliphatic carbocycles. The molecule has 0 aliphatic heterocycles. The summed E-state index contributed by atoms with van der Waals surface area (Å²) in [6, 6.07) is 2.33. The van der Waals surface area contributed by atoms with Gasteiger partial charge in [0.15, 0.2) is 0 Å². The minimum atomic E-state index is -4.77. The van der Waals surface area contributed by atoms with Crippen LogP contribution >= 0.6 is 0 Å². The van der Waals surface area contributed by atoms with Crippen molar-refractivity contribution in [3.63, 3.8) is 0 Å². The number of hydrogen-bond donors (Lipinski definition) is 2. The van der Waals surface area contributed by atoms with Gasteiger partial charge >= 0.3 is 12.1 Å². The number of nitro groups is 1. The molecule has 0 radical (unpaired) electrons. The van der Waals surface area contributed by atoms with Crippen LogP contribution in [0.25, 0.3) is 0 Å². The first-order valence-corrected chi connectivity index (χ1v) is 6.64. The molecule has 0 fully saturated rings. The molecule has 1 aromatic heterocycles.